The van der Waals surface area contributed by atoms with E-state index in [2.05, 4.69) is 19.4 Å². The lowest BCUT2D eigenvalue weighted by atomic mass is 10.0. The van der Waals surface area contributed by atoms with E-state index < -0.39 is 20.0 Å². The average molecular weight is 713 g/mol. The lowest BCUT2D eigenvalue weighted by Crippen LogP contribution is -2.16. The Labute approximate surface area is 299 Å². The van der Waals surface area contributed by atoms with Crippen molar-refractivity contribution in [1.82, 2.24) is 0 Å². The fourth-order valence-corrected chi connectivity index (χ4v) is 7.13. The molecule has 0 aliphatic carbocycles. The highest BCUT2D eigenvalue weighted by Crippen LogP contribution is 2.21. The number of anilines is 2. The maximum absolute atomic E-state index is 13.2. The molecule has 0 atom stereocenters. The number of sulfonamides is 2. The predicted molar refractivity (Wildman–Crippen MR) is 206 cm³/mol. The Morgan fingerprint density at radius 3 is 1.12 bits per heavy atom. The van der Waals surface area contributed by atoms with Crippen LogP contribution in [0.3, 0.4) is 0 Å². The standard InChI is InChI=1S/C41H36N4O4S2/c1-30-13-25-38(26-14-30)50(46,47)44-40(34-9-5-3-6-10-34)42-36-21-17-32(18-22-36)29-33-19-23-37(24-20-33)43-41(35-11-7-4-8-12-35)45-51(48,49)39-27-15-31(2)16-28-39/h3-28H,29H2,1-2H3,(H,42,44)(H,43,45). The molecule has 0 bridgehead atoms. The lowest BCUT2D eigenvalue weighted by Gasteiger charge is -2.12. The molecule has 0 saturated heterocycles. The van der Waals surface area contributed by atoms with Crippen LogP contribution < -0.4 is 10.6 Å². The van der Waals surface area contributed by atoms with Crippen molar-refractivity contribution >= 4 is 43.1 Å². The molecule has 6 rings (SSSR count). The van der Waals surface area contributed by atoms with Crippen LogP contribution in [0.1, 0.15) is 33.4 Å². The highest BCUT2D eigenvalue weighted by atomic mass is 32.2. The molecule has 256 valence electrons. The van der Waals surface area contributed by atoms with Gasteiger partial charge >= 0.3 is 0 Å². The largest absolute Gasteiger partial charge is 0.339 e. The third-order valence-corrected chi connectivity index (χ3v) is 10.6. The van der Waals surface area contributed by atoms with Crippen LogP contribution in [0.5, 0.6) is 0 Å². The maximum Gasteiger partial charge on any atom is 0.284 e. The summed E-state index contributed by atoms with van der Waals surface area (Å²) in [5, 5.41) is 6.40. The molecular weight excluding hydrogens is 677 g/mol. The molecule has 0 aliphatic heterocycles. The molecule has 0 fully saturated rings. The second-order valence-corrected chi connectivity index (χ2v) is 15.2. The van der Waals surface area contributed by atoms with Gasteiger partial charge in [-0.1, -0.05) is 120 Å². The van der Waals surface area contributed by atoms with Crippen LogP contribution in [0.25, 0.3) is 0 Å². The third kappa shape index (κ3) is 9.24. The Morgan fingerprint density at radius 1 is 0.451 bits per heavy atom. The first kappa shape index (κ1) is 35.0. The van der Waals surface area contributed by atoms with E-state index in [0.717, 1.165) is 22.3 Å². The number of aryl methyl sites for hydroxylation is 2. The maximum atomic E-state index is 13.2. The van der Waals surface area contributed by atoms with Crippen molar-refractivity contribution in [3.05, 3.63) is 191 Å². The van der Waals surface area contributed by atoms with Gasteiger partial charge < -0.3 is 10.6 Å². The molecule has 2 N–H and O–H groups in total. The number of amidine groups is 2. The van der Waals surface area contributed by atoms with Crippen molar-refractivity contribution in [2.75, 3.05) is 10.6 Å². The molecule has 0 aromatic heterocycles. The fourth-order valence-electron chi connectivity index (χ4n) is 5.17. The summed E-state index contributed by atoms with van der Waals surface area (Å²) in [5.74, 6) is 0.439. The Bertz CT molecular complexity index is 2210. The van der Waals surface area contributed by atoms with Gasteiger partial charge in [0.1, 0.15) is 0 Å². The summed E-state index contributed by atoms with van der Waals surface area (Å²) in [6.07, 6.45) is 0.642. The van der Waals surface area contributed by atoms with E-state index in [1.54, 1.807) is 72.8 Å². The normalized spacial score (nSPS) is 12.4. The fraction of sp³-hybridized carbons (Fsp3) is 0.0732. The van der Waals surface area contributed by atoms with Gasteiger partial charge in [0.15, 0.2) is 11.7 Å². The van der Waals surface area contributed by atoms with Crippen molar-refractivity contribution in [2.24, 2.45) is 8.80 Å². The topological polar surface area (TPSA) is 117 Å². The molecule has 8 nitrogen and oxygen atoms in total. The van der Waals surface area contributed by atoms with Crippen LogP contribution in [0, 0.1) is 13.8 Å². The molecule has 0 saturated carbocycles. The molecule has 0 aliphatic rings. The Balaban J connectivity index is 1.17. The van der Waals surface area contributed by atoms with Gasteiger partial charge in [0.05, 0.1) is 9.79 Å². The van der Waals surface area contributed by atoms with Gasteiger partial charge in [0.2, 0.25) is 0 Å². The van der Waals surface area contributed by atoms with Crippen molar-refractivity contribution in [2.45, 2.75) is 30.1 Å². The van der Waals surface area contributed by atoms with Gasteiger partial charge in [-0.15, -0.1) is 8.80 Å². The van der Waals surface area contributed by atoms with E-state index in [4.69, 9.17) is 0 Å². The first-order valence-corrected chi connectivity index (χ1v) is 19.1. The van der Waals surface area contributed by atoms with Crippen LogP contribution >= 0.6 is 0 Å². The van der Waals surface area contributed by atoms with Crippen molar-refractivity contribution in [3.63, 3.8) is 0 Å². The van der Waals surface area contributed by atoms with E-state index in [9.17, 15) is 16.8 Å². The minimum absolute atomic E-state index is 0.121. The molecule has 51 heavy (non-hydrogen) atoms. The van der Waals surface area contributed by atoms with Crippen LogP contribution in [0.2, 0.25) is 0 Å². The van der Waals surface area contributed by atoms with Crippen LogP contribution in [-0.2, 0) is 26.5 Å². The van der Waals surface area contributed by atoms with Gasteiger partial charge in [-0.05, 0) is 79.9 Å². The van der Waals surface area contributed by atoms with Gasteiger partial charge in [0, 0.05) is 22.5 Å². The first-order valence-electron chi connectivity index (χ1n) is 16.2. The first-order chi connectivity index (χ1) is 24.5. The number of rotatable bonds is 10. The minimum Gasteiger partial charge on any atom is -0.339 e. The number of nitrogens with zero attached hydrogens (tertiary/aromatic N) is 2. The molecule has 0 unspecified atom stereocenters. The van der Waals surface area contributed by atoms with Crippen LogP contribution in [0.15, 0.2) is 176 Å². The SMILES string of the molecule is Cc1ccc(S(=O)(=O)N=C(Nc2ccc(Cc3ccc(N/C(=N\S(=O)(=O)c4ccc(C)cc4)c4ccccc4)cc3)cc2)c2ccccc2)cc1. The number of hydrogen-bond donors (Lipinski definition) is 2. The molecule has 10 heteroatoms. The predicted octanol–water partition coefficient (Wildman–Crippen LogP) is 8.39. The van der Waals surface area contributed by atoms with E-state index in [-0.39, 0.29) is 21.5 Å². The molecule has 6 aromatic rings. The zero-order valence-electron chi connectivity index (χ0n) is 28.1. The minimum atomic E-state index is -3.96. The molecule has 0 amide bonds. The smallest absolute Gasteiger partial charge is 0.284 e. The van der Waals surface area contributed by atoms with Crippen molar-refractivity contribution in [1.29, 1.82) is 0 Å². The van der Waals surface area contributed by atoms with Gasteiger partial charge in [-0.3, -0.25) is 0 Å². The molecule has 0 radical (unpaired) electrons. The van der Waals surface area contributed by atoms with Crippen molar-refractivity contribution < 1.29 is 16.8 Å². The monoisotopic (exact) mass is 712 g/mol. The van der Waals surface area contributed by atoms with E-state index in [1.807, 2.05) is 98.8 Å². The van der Waals surface area contributed by atoms with Gasteiger partial charge in [0.25, 0.3) is 20.0 Å². The van der Waals surface area contributed by atoms with Gasteiger partial charge in [-0.25, -0.2) is 0 Å². The second kappa shape index (κ2) is 15.4. The quantitative estimate of drug-likeness (QED) is 0.109. The molecule has 0 heterocycles. The van der Waals surface area contributed by atoms with E-state index in [0.29, 0.717) is 28.9 Å². The summed E-state index contributed by atoms with van der Waals surface area (Å²) in [7, 11) is -7.92. The third-order valence-electron chi connectivity index (χ3n) is 8.00. The van der Waals surface area contributed by atoms with Crippen LogP contribution in [-0.4, -0.2) is 28.5 Å². The Morgan fingerprint density at radius 2 is 0.784 bits per heavy atom. The summed E-state index contributed by atoms with van der Waals surface area (Å²) < 4.78 is 61.1. The summed E-state index contributed by atoms with van der Waals surface area (Å²) in [6.45, 7) is 3.80. The zero-order valence-corrected chi connectivity index (χ0v) is 29.7. The van der Waals surface area contributed by atoms with Crippen LogP contribution in [0.4, 0.5) is 11.4 Å². The highest BCUT2D eigenvalue weighted by Gasteiger charge is 2.17. The van der Waals surface area contributed by atoms with E-state index in [1.165, 1.54) is 0 Å². The van der Waals surface area contributed by atoms with Crippen molar-refractivity contribution in [3.8, 4) is 0 Å². The summed E-state index contributed by atoms with van der Waals surface area (Å²) >= 11 is 0. The number of nitrogens with one attached hydrogen (secondary N) is 2. The molecule has 6 aromatic carbocycles. The summed E-state index contributed by atoms with van der Waals surface area (Å²) in [6, 6.07) is 46.9. The summed E-state index contributed by atoms with van der Waals surface area (Å²) in [5.41, 5.74) is 6.66. The highest BCUT2D eigenvalue weighted by molar-refractivity contribution is 7.90. The average Bonchev–Trinajstić information content (AvgIpc) is 3.13. The molecule has 0 spiro atoms. The Kier molecular flexibility index (Phi) is 10.5. The van der Waals surface area contributed by atoms with E-state index >= 15 is 0 Å². The lowest BCUT2D eigenvalue weighted by molar-refractivity contribution is 0.596. The summed E-state index contributed by atoms with van der Waals surface area (Å²) in [4.78, 5) is 0.242. The second-order valence-electron chi connectivity index (χ2n) is 12.0. The number of benzene rings is 6. The molecular formula is C41H36N4O4S2. The Hall–Kier alpha value is -5.84. The number of hydrogen-bond acceptors (Lipinski definition) is 4. The van der Waals surface area contributed by atoms with Gasteiger partial charge in [-0.2, -0.15) is 16.8 Å². The zero-order chi connectivity index (χ0) is 35.8.